The van der Waals surface area contributed by atoms with Gasteiger partial charge in [-0.05, 0) is 76.3 Å². The highest BCUT2D eigenvalue weighted by molar-refractivity contribution is 6.04. The van der Waals surface area contributed by atoms with Crippen molar-refractivity contribution in [2.24, 2.45) is 4.99 Å². The van der Waals surface area contributed by atoms with Gasteiger partial charge in [-0.3, -0.25) is 9.79 Å². The number of hydrogen-bond donors (Lipinski definition) is 2. The first-order chi connectivity index (χ1) is 18.4. The van der Waals surface area contributed by atoms with Crippen molar-refractivity contribution < 1.29 is 19.1 Å². The molecule has 0 aliphatic carbocycles. The predicted molar refractivity (Wildman–Crippen MR) is 155 cm³/mol. The number of nitrogens with one attached hydrogen (secondary N) is 2. The van der Waals surface area contributed by atoms with Crippen LogP contribution in [0.1, 0.15) is 57.0 Å². The summed E-state index contributed by atoms with van der Waals surface area (Å²) in [6, 6.07) is 17.9. The Balaban J connectivity index is 1.27. The number of anilines is 1. The van der Waals surface area contributed by atoms with Gasteiger partial charge in [-0.25, -0.2) is 4.79 Å². The van der Waals surface area contributed by atoms with Crippen molar-refractivity contribution in [2.45, 2.75) is 57.8 Å². The third-order valence-corrected chi connectivity index (χ3v) is 7.49. The van der Waals surface area contributed by atoms with Crippen LogP contribution in [0.4, 0.5) is 16.2 Å². The van der Waals surface area contributed by atoms with Crippen LogP contribution in [0.5, 0.6) is 5.75 Å². The number of benzene rings is 3. The Hall–Kier alpha value is -4.07. The Labute approximate surface area is 229 Å². The summed E-state index contributed by atoms with van der Waals surface area (Å²) in [6.45, 7) is 10.7. The molecule has 2 heterocycles. The third-order valence-electron chi connectivity index (χ3n) is 7.49. The van der Waals surface area contributed by atoms with E-state index in [0.717, 1.165) is 22.1 Å². The van der Waals surface area contributed by atoms with Gasteiger partial charge in [0.05, 0.1) is 11.6 Å². The maximum absolute atomic E-state index is 12.8. The van der Waals surface area contributed by atoms with Crippen LogP contribution in [0.25, 0.3) is 10.8 Å². The van der Waals surface area contributed by atoms with E-state index in [4.69, 9.17) is 14.5 Å². The Morgan fingerprint density at radius 2 is 1.77 bits per heavy atom. The largest absolute Gasteiger partial charge is 0.459 e. The minimum atomic E-state index is -0.741. The SMILES string of the molecule is CN1c2ccccc2C(C)(C)C12C=Nc1c(ccc3cc(C(=O)NCCCNC(=O)OC(C)(C)C)ccc13)O2. The Morgan fingerprint density at radius 3 is 2.51 bits per heavy atom. The molecule has 0 saturated heterocycles. The molecule has 8 heteroatoms. The van der Waals surface area contributed by atoms with Crippen LogP contribution in [0.2, 0.25) is 0 Å². The van der Waals surface area contributed by atoms with Crippen molar-refractivity contribution >= 4 is 40.4 Å². The third kappa shape index (κ3) is 4.68. The number of amides is 2. The number of rotatable bonds is 5. The number of carbonyl (C=O) groups is 2. The highest BCUT2D eigenvalue weighted by Gasteiger charge is 2.58. The van der Waals surface area contributed by atoms with Crippen LogP contribution < -0.4 is 20.3 Å². The van der Waals surface area contributed by atoms with Gasteiger partial charge in [0.2, 0.25) is 5.72 Å². The number of hydrogen-bond acceptors (Lipinski definition) is 6. The van der Waals surface area contributed by atoms with Gasteiger partial charge in [0, 0.05) is 36.8 Å². The summed E-state index contributed by atoms with van der Waals surface area (Å²) in [5, 5.41) is 7.44. The molecule has 2 aliphatic heterocycles. The molecule has 1 atom stereocenters. The van der Waals surface area contributed by atoms with Crippen LogP contribution in [0.15, 0.2) is 59.6 Å². The van der Waals surface area contributed by atoms with Crippen LogP contribution in [-0.2, 0) is 10.2 Å². The first-order valence-corrected chi connectivity index (χ1v) is 13.3. The van der Waals surface area contributed by atoms with Gasteiger partial charge in [-0.1, -0.05) is 30.3 Å². The van der Waals surface area contributed by atoms with E-state index in [1.54, 1.807) is 6.07 Å². The van der Waals surface area contributed by atoms with Crippen molar-refractivity contribution in [3.8, 4) is 5.75 Å². The number of para-hydroxylation sites is 1. The zero-order valence-corrected chi connectivity index (χ0v) is 23.4. The van der Waals surface area contributed by atoms with Crippen LogP contribution in [0, 0.1) is 0 Å². The van der Waals surface area contributed by atoms with E-state index in [1.807, 2.05) is 64.4 Å². The lowest BCUT2D eigenvalue weighted by atomic mass is 9.77. The zero-order chi connectivity index (χ0) is 28.0. The predicted octanol–water partition coefficient (Wildman–Crippen LogP) is 5.70. The second kappa shape index (κ2) is 9.59. The average Bonchev–Trinajstić information content (AvgIpc) is 3.05. The number of likely N-dealkylation sites (N-methyl/N-ethyl adjacent to an activating group) is 1. The van der Waals surface area contributed by atoms with Crippen LogP contribution >= 0.6 is 0 Å². The van der Waals surface area contributed by atoms with E-state index < -0.39 is 17.4 Å². The molecule has 1 spiro atoms. The molecule has 0 bridgehead atoms. The summed E-state index contributed by atoms with van der Waals surface area (Å²) < 4.78 is 12.0. The van der Waals surface area contributed by atoms with E-state index in [-0.39, 0.29) is 11.3 Å². The Morgan fingerprint density at radius 1 is 1.03 bits per heavy atom. The number of carbonyl (C=O) groups excluding carboxylic acids is 2. The lowest BCUT2D eigenvalue weighted by molar-refractivity contribution is 0.0527. The second-order valence-corrected chi connectivity index (χ2v) is 11.6. The lowest BCUT2D eigenvalue weighted by Gasteiger charge is -2.45. The molecular formula is C31H36N4O4. The first-order valence-electron chi connectivity index (χ1n) is 13.3. The molecule has 1 unspecified atom stereocenters. The molecule has 0 radical (unpaired) electrons. The molecule has 0 fully saturated rings. The molecule has 204 valence electrons. The van der Waals surface area contributed by atoms with Gasteiger partial charge in [0.15, 0.2) is 0 Å². The summed E-state index contributed by atoms with van der Waals surface area (Å²) >= 11 is 0. The molecule has 8 nitrogen and oxygen atoms in total. The summed E-state index contributed by atoms with van der Waals surface area (Å²) in [5.74, 6) is 0.546. The molecular weight excluding hydrogens is 492 g/mol. The van der Waals surface area contributed by atoms with Gasteiger partial charge < -0.3 is 25.0 Å². The maximum Gasteiger partial charge on any atom is 0.407 e. The molecule has 5 rings (SSSR count). The van der Waals surface area contributed by atoms with Crippen molar-refractivity contribution in [2.75, 3.05) is 25.0 Å². The van der Waals surface area contributed by atoms with Gasteiger partial charge in [0.1, 0.15) is 17.0 Å². The number of nitrogens with zero attached hydrogens (tertiary/aromatic N) is 2. The molecule has 2 amide bonds. The smallest absolute Gasteiger partial charge is 0.407 e. The molecule has 39 heavy (non-hydrogen) atoms. The number of ether oxygens (including phenoxy) is 2. The van der Waals surface area contributed by atoms with E-state index in [0.29, 0.717) is 30.8 Å². The van der Waals surface area contributed by atoms with Gasteiger partial charge in [-0.2, -0.15) is 0 Å². The molecule has 3 aromatic rings. The van der Waals surface area contributed by atoms with Crippen LogP contribution in [-0.4, -0.2) is 49.7 Å². The van der Waals surface area contributed by atoms with Gasteiger partial charge in [-0.15, -0.1) is 0 Å². The van der Waals surface area contributed by atoms with E-state index in [2.05, 4.69) is 47.6 Å². The fourth-order valence-corrected chi connectivity index (χ4v) is 5.42. The summed E-state index contributed by atoms with van der Waals surface area (Å²) in [5.41, 5.74) is 2.08. The first kappa shape index (κ1) is 26.5. The quantitative estimate of drug-likeness (QED) is 0.414. The van der Waals surface area contributed by atoms with Crippen molar-refractivity contribution in [1.82, 2.24) is 10.6 Å². The van der Waals surface area contributed by atoms with Gasteiger partial charge in [0.25, 0.3) is 5.91 Å². The van der Waals surface area contributed by atoms with Gasteiger partial charge >= 0.3 is 6.09 Å². The minimum Gasteiger partial charge on any atom is -0.459 e. The molecule has 0 saturated carbocycles. The van der Waals surface area contributed by atoms with E-state index in [9.17, 15) is 9.59 Å². The molecule has 2 N–H and O–H groups in total. The maximum atomic E-state index is 12.8. The fraction of sp³-hybridized carbons (Fsp3) is 0.387. The number of fused-ring (bicyclic) bond motifs is 4. The topological polar surface area (TPSA) is 92.3 Å². The molecule has 3 aromatic carbocycles. The fourth-order valence-electron chi connectivity index (χ4n) is 5.42. The van der Waals surface area contributed by atoms with E-state index in [1.165, 1.54) is 5.56 Å². The van der Waals surface area contributed by atoms with Crippen molar-refractivity contribution in [1.29, 1.82) is 0 Å². The average molecular weight is 529 g/mol. The monoisotopic (exact) mass is 528 g/mol. The summed E-state index contributed by atoms with van der Waals surface area (Å²) in [4.78, 5) is 31.6. The van der Waals surface area contributed by atoms with Crippen molar-refractivity contribution in [3.05, 3.63) is 65.7 Å². The summed E-state index contributed by atoms with van der Waals surface area (Å²) in [6.07, 6.45) is 2.05. The minimum absolute atomic E-state index is 0.169. The van der Waals surface area contributed by atoms with Crippen LogP contribution in [0.3, 0.4) is 0 Å². The standard InChI is InChI=1S/C31H36N4O4/c1-29(2,3)39-28(37)33-17-9-16-32-27(36)21-12-14-22-20(18-21)13-15-25-26(22)34-19-31(38-25)30(4,5)23-10-7-8-11-24(23)35(31)6/h7-8,10-15,18-19H,9,16-17H2,1-6H3,(H,32,36)(H,33,37). The molecule has 0 aromatic heterocycles. The van der Waals surface area contributed by atoms with E-state index >= 15 is 0 Å². The summed E-state index contributed by atoms with van der Waals surface area (Å²) in [7, 11) is 2.05. The molecule has 2 aliphatic rings. The highest BCUT2D eigenvalue weighted by Crippen LogP contribution is 2.54. The Kier molecular flexibility index (Phi) is 6.53. The highest BCUT2D eigenvalue weighted by atomic mass is 16.6. The van der Waals surface area contributed by atoms with Crippen molar-refractivity contribution in [3.63, 3.8) is 0 Å². The second-order valence-electron chi connectivity index (χ2n) is 11.6. The number of alkyl carbamates (subject to hydrolysis) is 1. The zero-order valence-electron chi connectivity index (χ0n) is 23.4. The lowest BCUT2D eigenvalue weighted by Crippen LogP contribution is -2.61. The normalized spacial score (nSPS) is 18.9. The number of aliphatic imine (C=N–C) groups is 1. The Bertz CT molecular complexity index is 1470.